The van der Waals surface area contributed by atoms with Crippen LogP contribution in [0.4, 0.5) is 5.69 Å². The fraction of sp³-hybridized carbons (Fsp3) is 0.500. The van der Waals surface area contributed by atoms with E-state index in [1.54, 1.807) is 0 Å². The van der Waals surface area contributed by atoms with Gasteiger partial charge in [-0.3, -0.25) is 4.90 Å². The number of halogens is 1. The summed E-state index contributed by atoms with van der Waals surface area (Å²) < 4.78 is 0.986. The van der Waals surface area contributed by atoms with E-state index in [2.05, 4.69) is 45.1 Å². The zero-order chi connectivity index (χ0) is 14.7. The molecule has 1 unspecified atom stereocenters. The van der Waals surface area contributed by atoms with Crippen LogP contribution in [0.15, 0.2) is 22.7 Å². The average molecular weight is 357 g/mol. The number of anilines is 1. The summed E-state index contributed by atoms with van der Waals surface area (Å²) in [5, 5.41) is 3.49. The van der Waals surface area contributed by atoms with Crippen molar-refractivity contribution in [2.45, 2.75) is 6.04 Å². The van der Waals surface area contributed by atoms with Gasteiger partial charge in [0, 0.05) is 47.9 Å². The third kappa shape index (κ3) is 3.91. The monoisotopic (exact) mass is 356 g/mol. The fourth-order valence-corrected chi connectivity index (χ4v) is 2.95. The van der Waals surface area contributed by atoms with Gasteiger partial charge in [-0.15, -0.1) is 0 Å². The van der Waals surface area contributed by atoms with E-state index in [1.165, 1.54) is 0 Å². The minimum absolute atomic E-state index is 0.419. The highest BCUT2D eigenvalue weighted by Gasteiger charge is 2.22. The van der Waals surface area contributed by atoms with Gasteiger partial charge in [0.1, 0.15) is 4.99 Å². The first-order valence-corrected chi connectivity index (χ1v) is 7.89. The Morgan fingerprint density at radius 2 is 2.20 bits per heavy atom. The van der Waals surface area contributed by atoms with Crippen molar-refractivity contribution in [2.24, 2.45) is 5.73 Å². The second kappa shape index (κ2) is 6.85. The van der Waals surface area contributed by atoms with E-state index in [4.69, 9.17) is 18.0 Å². The van der Waals surface area contributed by atoms with Crippen LogP contribution in [0, 0.1) is 0 Å². The molecular formula is C14H21BrN4S. The Labute approximate surface area is 134 Å². The third-order valence-electron chi connectivity index (χ3n) is 3.76. The molecule has 0 amide bonds. The fourth-order valence-electron chi connectivity index (χ4n) is 2.42. The lowest BCUT2D eigenvalue weighted by Crippen LogP contribution is -2.52. The summed E-state index contributed by atoms with van der Waals surface area (Å²) in [6.07, 6.45) is 0. The van der Waals surface area contributed by atoms with Gasteiger partial charge >= 0.3 is 0 Å². The van der Waals surface area contributed by atoms with E-state index < -0.39 is 0 Å². The predicted molar refractivity (Wildman–Crippen MR) is 92.4 cm³/mol. The largest absolute Gasteiger partial charge is 0.389 e. The molecule has 2 rings (SSSR count). The molecule has 110 valence electrons. The van der Waals surface area contributed by atoms with Gasteiger partial charge in [-0.25, -0.2) is 0 Å². The maximum atomic E-state index is 5.79. The third-order valence-corrected chi connectivity index (χ3v) is 4.47. The van der Waals surface area contributed by atoms with E-state index in [9.17, 15) is 0 Å². The first kappa shape index (κ1) is 15.7. The van der Waals surface area contributed by atoms with Crippen LogP contribution in [0.3, 0.4) is 0 Å². The van der Waals surface area contributed by atoms with Crippen LogP contribution in [-0.4, -0.2) is 61.1 Å². The maximum absolute atomic E-state index is 5.79. The summed E-state index contributed by atoms with van der Waals surface area (Å²) in [5.74, 6) is 0. The van der Waals surface area contributed by atoms with Crippen LogP contribution in [0.25, 0.3) is 0 Å². The van der Waals surface area contributed by atoms with Crippen molar-refractivity contribution < 1.29 is 0 Å². The van der Waals surface area contributed by atoms with Crippen molar-refractivity contribution in [1.82, 2.24) is 9.80 Å². The Hall–Kier alpha value is -0.690. The Morgan fingerprint density at radius 1 is 1.45 bits per heavy atom. The average Bonchev–Trinajstić information content (AvgIpc) is 2.40. The SMILES string of the molecule is CN1CCN(C)C(CNc2ccc(Br)cc2C(N)=S)C1. The molecule has 1 aliphatic heterocycles. The second-order valence-electron chi connectivity index (χ2n) is 5.33. The minimum atomic E-state index is 0.419. The number of nitrogens with two attached hydrogens (primary N) is 1. The van der Waals surface area contributed by atoms with Crippen LogP contribution in [0.2, 0.25) is 0 Å². The quantitative estimate of drug-likeness (QED) is 0.804. The normalized spacial score (nSPS) is 20.9. The van der Waals surface area contributed by atoms with Crippen LogP contribution < -0.4 is 11.1 Å². The van der Waals surface area contributed by atoms with Gasteiger partial charge < -0.3 is 16.0 Å². The molecule has 0 aromatic heterocycles. The van der Waals surface area contributed by atoms with Crippen LogP contribution in [-0.2, 0) is 0 Å². The first-order chi connectivity index (χ1) is 9.47. The number of nitrogens with one attached hydrogen (secondary N) is 1. The number of thiocarbonyl (C=S) groups is 1. The van der Waals surface area contributed by atoms with Gasteiger partial charge in [0.25, 0.3) is 0 Å². The standard InChI is InChI=1S/C14H21BrN4S/c1-18-5-6-19(2)11(9-18)8-17-13-4-3-10(15)7-12(13)14(16)20/h3-4,7,11,17H,5-6,8-9H2,1-2H3,(H2,16,20). The van der Waals surface area contributed by atoms with Gasteiger partial charge in [-0.1, -0.05) is 28.1 Å². The molecule has 6 heteroatoms. The van der Waals surface area contributed by atoms with Crippen molar-refractivity contribution in [1.29, 1.82) is 0 Å². The van der Waals surface area contributed by atoms with E-state index in [0.29, 0.717) is 11.0 Å². The van der Waals surface area contributed by atoms with E-state index in [-0.39, 0.29) is 0 Å². The van der Waals surface area contributed by atoms with Gasteiger partial charge in [0.2, 0.25) is 0 Å². The lowest BCUT2D eigenvalue weighted by molar-refractivity contribution is 0.122. The summed E-state index contributed by atoms with van der Waals surface area (Å²) in [6.45, 7) is 4.19. The van der Waals surface area contributed by atoms with Gasteiger partial charge in [-0.05, 0) is 32.3 Å². The molecule has 1 aromatic carbocycles. The summed E-state index contributed by atoms with van der Waals surface area (Å²) in [7, 11) is 4.34. The Morgan fingerprint density at radius 3 is 2.90 bits per heavy atom. The lowest BCUT2D eigenvalue weighted by atomic mass is 10.1. The Balaban J connectivity index is 2.05. The van der Waals surface area contributed by atoms with Crippen molar-refractivity contribution in [3.05, 3.63) is 28.2 Å². The molecule has 4 nitrogen and oxygen atoms in total. The number of rotatable bonds is 4. The molecule has 0 spiro atoms. The Bertz CT molecular complexity index is 494. The van der Waals surface area contributed by atoms with Crippen LogP contribution >= 0.6 is 28.1 Å². The topological polar surface area (TPSA) is 44.5 Å². The minimum Gasteiger partial charge on any atom is -0.389 e. The number of likely N-dealkylation sites (N-methyl/N-ethyl adjacent to an activating group) is 2. The molecular weight excluding hydrogens is 336 g/mol. The van der Waals surface area contributed by atoms with Gasteiger partial charge in [-0.2, -0.15) is 0 Å². The van der Waals surface area contributed by atoms with Crippen molar-refractivity contribution in [3.8, 4) is 0 Å². The van der Waals surface area contributed by atoms with E-state index in [1.807, 2.05) is 18.2 Å². The number of piperazine rings is 1. The Kier molecular flexibility index (Phi) is 5.37. The number of hydrogen-bond donors (Lipinski definition) is 2. The molecule has 20 heavy (non-hydrogen) atoms. The predicted octanol–water partition coefficient (Wildman–Crippen LogP) is 1.74. The number of nitrogens with zero attached hydrogens (tertiary/aromatic N) is 2. The molecule has 0 saturated carbocycles. The highest BCUT2D eigenvalue weighted by Crippen LogP contribution is 2.21. The molecule has 3 N–H and O–H groups in total. The summed E-state index contributed by atoms with van der Waals surface area (Å²) in [6, 6.07) is 6.48. The van der Waals surface area contributed by atoms with E-state index >= 15 is 0 Å². The van der Waals surface area contributed by atoms with Gasteiger partial charge in [0.15, 0.2) is 0 Å². The van der Waals surface area contributed by atoms with Crippen molar-refractivity contribution in [3.63, 3.8) is 0 Å². The zero-order valence-corrected chi connectivity index (χ0v) is 14.3. The lowest BCUT2D eigenvalue weighted by Gasteiger charge is -2.38. The van der Waals surface area contributed by atoms with Crippen LogP contribution in [0.1, 0.15) is 5.56 Å². The zero-order valence-electron chi connectivity index (χ0n) is 11.9. The smallest absolute Gasteiger partial charge is 0.106 e. The summed E-state index contributed by atoms with van der Waals surface area (Å²) >= 11 is 8.57. The molecule has 0 radical (unpaired) electrons. The highest BCUT2D eigenvalue weighted by atomic mass is 79.9. The van der Waals surface area contributed by atoms with Crippen molar-refractivity contribution >= 4 is 38.8 Å². The molecule has 1 aliphatic rings. The molecule has 1 fully saturated rings. The van der Waals surface area contributed by atoms with Crippen LogP contribution in [0.5, 0.6) is 0 Å². The molecule has 0 aliphatic carbocycles. The highest BCUT2D eigenvalue weighted by molar-refractivity contribution is 9.10. The number of benzene rings is 1. The summed E-state index contributed by atoms with van der Waals surface area (Å²) in [5.41, 5.74) is 7.69. The van der Waals surface area contributed by atoms with E-state index in [0.717, 1.165) is 41.9 Å². The number of hydrogen-bond acceptors (Lipinski definition) is 4. The molecule has 0 bridgehead atoms. The van der Waals surface area contributed by atoms with Crippen molar-refractivity contribution in [2.75, 3.05) is 45.6 Å². The molecule has 1 heterocycles. The van der Waals surface area contributed by atoms with Gasteiger partial charge in [0.05, 0.1) is 0 Å². The molecule has 1 atom stereocenters. The maximum Gasteiger partial charge on any atom is 0.106 e. The molecule has 1 saturated heterocycles. The molecule has 1 aromatic rings. The second-order valence-corrected chi connectivity index (χ2v) is 6.69. The first-order valence-electron chi connectivity index (χ1n) is 6.69. The summed E-state index contributed by atoms with van der Waals surface area (Å²) in [4.78, 5) is 5.18.